The average molecular weight is 325 g/mol. The van der Waals surface area contributed by atoms with Gasteiger partial charge in [-0.15, -0.1) is 0 Å². The van der Waals surface area contributed by atoms with Crippen molar-refractivity contribution in [3.05, 3.63) is 29.3 Å². The van der Waals surface area contributed by atoms with E-state index in [4.69, 9.17) is 22.1 Å². The first-order valence-corrected chi connectivity index (χ1v) is 7.60. The van der Waals surface area contributed by atoms with Crippen LogP contribution in [0.3, 0.4) is 0 Å². The summed E-state index contributed by atoms with van der Waals surface area (Å²) in [6.07, 6.45) is 6.37. The third kappa shape index (κ3) is 4.66. The highest BCUT2D eigenvalue weighted by molar-refractivity contribution is 6.31. The number of aliphatic hydroxyl groups is 1. The molecule has 0 spiro atoms. The van der Waals surface area contributed by atoms with E-state index in [2.05, 4.69) is 25.1 Å². The summed E-state index contributed by atoms with van der Waals surface area (Å²) in [5, 5.41) is 19.6. The molecule has 0 saturated carbocycles. The van der Waals surface area contributed by atoms with Crippen LogP contribution in [0.5, 0.6) is 0 Å². The first-order valence-electron chi connectivity index (χ1n) is 7.22. The number of piperazine rings is 1. The van der Waals surface area contributed by atoms with Crippen molar-refractivity contribution in [2.45, 2.75) is 0 Å². The second-order valence-electron chi connectivity index (χ2n) is 4.98. The Bertz CT molecular complexity index is 516. The number of hydrogen-bond acceptors (Lipinski definition) is 7. The second-order valence-corrected chi connectivity index (χ2v) is 5.33. The van der Waals surface area contributed by atoms with Crippen molar-refractivity contribution < 1.29 is 5.11 Å². The molecule has 0 aliphatic carbocycles. The molecule has 3 N–H and O–H groups in total. The summed E-state index contributed by atoms with van der Waals surface area (Å²) in [4.78, 5) is 12.7. The van der Waals surface area contributed by atoms with Gasteiger partial charge in [0.2, 0.25) is 0 Å². The molecule has 1 aromatic heterocycles. The quantitative estimate of drug-likeness (QED) is 0.496. The third-order valence-electron chi connectivity index (χ3n) is 3.44. The molecule has 0 radical (unpaired) electrons. The van der Waals surface area contributed by atoms with Gasteiger partial charge in [-0.3, -0.25) is 4.90 Å². The number of anilines is 1. The van der Waals surface area contributed by atoms with Crippen molar-refractivity contribution in [1.82, 2.24) is 20.2 Å². The SMILES string of the molecule is N=C/C(=C\NCCO)CN1CCN(c2nccnc2Cl)CC1. The normalized spacial score (nSPS) is 16.6. The molecule has 120 valence electrons. The Labute approximate surface area is 135 Å². The lowest BCUT2D eigenvalue weighted by molar-refractivity contribution is 0.279. The van der Waals surface area contributed by atoms with Gasteiger partial charge in [0.1, 0.15) is 0 Å². The van der Waals surface area contributed by atoms with Gasteiger partial charge in [0.25, 0.3) is 0 Å². The van der Waals surface area contributed by atoms with Crippen LogP contribution in [0.25, 0.3) is 0 Å². The molecule has 0 amide bonds. The van der Waals surface area contributed by atoms with Crippen LogP contribution in [0.1, 0.15) is 0 Å². The van der Waals surface area contributed by atoms with Crippen LogP contribution in [0, 0.1) is 5.41 Å². The van der Waals surface area contributed by atoms with Crippen LogP contribution >= 0.6 is 11.6 Å². The van der Waals surface area contributed by atoms with Crippen LogP contribution in [-0.2, 0) is 0 Å². The minimum absolute atomic E-state index is 0.0827. The number of hydrogen-bond donors (Lipinski definition) is 3. The van der Waals surface area contributed by atoms with Crippen LogP contribution in [-0.4, -0.2) is 72.1 Å². The summed E-state index contributed by atoms with van der Waals surface area (Å²) in [5.41, 5.74) is 0.888. The maximum atomic E-state index is 8.75. The van der Waals surface area contributed by atoms with E-state index in [1.54, 1.807) is 18.6 Å². The van der Waals surface area contributed by atoms with E-state index < -0.39 is 0 Å². The topological polar surface area (TPSA) is 88.4 Å². The molecule has 8 heteroatoms. The van der Waals surface area contributed by atoms with Gasteiger partial charge in [-0.05, 0) is 5.57 Å². The highest BCUT2D eigenvalue weighted by Gasteiger charge is 2.20. The third-order valence-corrected chi connectivity index (χ3v) is 3.71. The van der Waals surface area contributed by atoms with Crippen molar-refractivity contribution in [3.8, 4) is 0 Å². The zero-order chi connectivity index (χ0) is 15.8. The van der Waals surface area contributed by atoms with E-state index in [1.165, 1.54) is 6.21 Å². The van der Waals surface area contributed by atoms with E-state index in [0.29, 0.717) is 18.2 Å². The van der Waals surface area contributed by atoms with Crippen molar-refractivity contribution in [2.75, 3.05) is 50.8 Å². The molecule has 0 aromatic carbocycles. The number of rotatable bonds is 7. The number of halogens is 1. The van der Waals surface area contributed by atoms with Crippen LogP contribution in [0.4, 0.5) is 5.82 Å². The monoisotopic (exact) mass is 324 g/mol. The Kier molecular flexibility index (Phi) is 6.57. The van der Waals surface area contributed by atoms with E-state index in [-0.39, 0.29) is 6.61 Å². The Morgan fingerprint density at radius 1 is 1.32 bits per heavy atom. The molecule has 1 fully saturated rings. The van der Waals surface area contributed by atoms with Crippen molar-refractivity contribution in [2.24, 2.45) is 0 Å². The van der Waals surface area contributed by atoms with Gasteiger partial charge in [0.15, 0.2) is 11.0 Å². The predicted molar refractivity (Wildman–Crippen MR) is 87.7 cm³/mol. The summed E-state index contributed by atoms with van der Waals surface area (Å²) >= 11 is 6.08. The van der Waals surface area contributed by atoms with E-state index >= 15 is 0 Å². The number of aliphatic hydroxyl groups excluding tert-OH is 1. The number of nitrogens with one attached hydrogen (secondary N) is 2. The minimum atomic E-state index is 0.0827. The minimum Gasteiger partial charge on any atom is -0.395 e. The molecule has 1 aliphatic heterocycles. The summed E-state index contributed by atoms with van der Waals surface area (Å²) in [6.45, 7) is 4.69. The fourth-order valence-electron chi connectivity index (χ4n) is 2.30. The maximum absolute atomic E-state index is 8.75. The van der Waals surface area contributed by atoms with Gasteiger partial charge >= 0.3 is 0 Å². The number of aromatic nitrogens is 2. The molecule has 1 aromatic rings. The van der Waals surface area contributed by atoms with E-state index in [0.717, 1.165) is 37.6 Å². The van der Waals surface area contributed by atoms with Crippen LogP contribution < -0.4 is 10.2 Å². The van der Waals surface area contributed by atoms with Crippen molar-refractivity contribution >= 4 is 23.6 Å². The van der Waals surface area contributed by atoms with Crippen LogP contribution in [0.2, 0.25) is 5.15 Å². The molecule has 0 bridgehead atoms. The van der Waals surface area contributed by atoms with Gasteiger partial charge < -0.3 is 20.7 Å². The summed E-state index contributed by atoms with van der Waals surface area (Å²) in [6, 6.07) is 0. The molecule has 1 saturated heterocycles. The smallest absolute Gasteiger partial charge is 0.171 e. The maximum Gasteiger partial charge on any atom is 0.171 e. The Morgan fingerprint density at radius 3 is 2.68 bits per heavy atom. The Morgan fingerprint density at radius 2 is 2.05 bits per heavy atom. The van der Waals surface area contributed by atoms with Gasteiger partial charge in [-0.1, -0.05) is 11.6 Å². The fourth-order valence-corrected chi connectivity index (χ4v) is 2.53. The molecular weight excluding hydrogens is 304 g/mol. The van der Waals surface area contributed by atoms with Gasteiger partial charge in [-0.25, -0.2) is 9.97 Å². The molecule has 0 unspecified atom stereocenters. The molecule has 7 nitrogen and oxygen atoms in total. The van der Waals surface area contributed by atoms with E-state index in [9.17, 15) is 0 Å². The molecule has 2 heterocycles. The van der Waals surface area contributed by atoms with Gasteiger partial charge in [0, 0.05) is 64.1 Å². The number of nitrogens with zero attached hydrogens (tertiary/aromatic N) is 4. The summed E-state index contributed by atoms with van der Waals surface area (Å²) < 4.78 is 0. The van der Waals surface area contributed by atoms with Gasteiger partial charge in [0.05, 0.1) is 6.61 Å². The average Bonchev–Trinajstić information content (AvgIpc) is 2.55. The Balaban J connectivity index is 1.85. The second kappa shape index (κ2) is 8.67. The molecule has 1 aliphatic rings. The lowest BCUT2D eigenvalue weighted by Gasteiger charge is -2.35. The summed E-state index contributed by atoms with van der Waals surface area (Å²) in [5.74, 6) is 0.733. The highest BCUT2D eigenvalue weighted by Crippen LogP contribution is 2.21. The first kappa shape index (κ1) is 16.7. The predicted octanol–water partition coefficient (Wildman–Crippen LogP) is 0.367. The lowest BCUT2D eigenvalue weighted by atomic mass is 10.2. The standard InChI is InChI=1S/C14H21ClN6O/c15-13-14(19-2-1-18-13)21-6-4-20(5-7-21)11-12(9-16)10-17-3-8-22/h1-2,9-10,16-17,22H,3-8,11H2/b12-10+,16-9?. The fraction of sp³-hybridized carbons (Fsp3) is 0.500. The zero-order valence-electron chi connectivity index (χ0n) is 12.4. The van der Waals surface area contributed by atoms with Crippen molar-refractivity contribution in [3.63, 3.8) is 0 Å². The van der Waals surface area contributed by atoms with Gasteiger partial charge in [-0.2, -0.15) is 0 Å². The van der Waals surface area contributed by atoms with Crippen LogP contribution in [0.15, 0.2) is 24.2 Å². The molecule has 0 atom stereocenters. The molecule has 22 heavy (non-hydrogen) atoms. The first-order chi connectivity index (χ1) is 10.7. The molecule has 2 rings (SSSR count). The van der Waals surface area contributed by atoms with Crippen molar-refractivity contribution in [1.29, 1.82) is 5.41 Å². The summed E-state index contributed by atoms with van der Waals surface area (Å²) in [7, 11) is 0. The van der Waals surface area contributed by atoms with E-state index in [1.807, 2.05) is 0 Å². The Hall–Kier alpha value is -1.70. The lowest BCUT2D eigenvalue weighted by Crippen LogP contribution is -2.47. The largest absolute Gasteiger partial charge is 0.395 e. The molecular formula is C14H21ClN6O. The zero-order valence-corrected chi connectivity index (χ0v) is 13.1. The highest BCUT2D eigenvalue weighted by atomic mass is 35.5.